The van der Waals surface area contributed by atoms with Crippen LogP contribution in [0.2, 0.25) is 0 Å². The van der Waals surface area contributed by atoms with E-state index in [0.717, 1.165) is 21.2 Å². The Labute approximate surface area is 168 Å². The van der Waals surface area contributed by atoms with Crippen molar-refractivity contribution in [2.45, 2.75) is 19.8 Å². The van der Waals surface area contributed by atoms with Gasteiger partial charge in [0.15, 0.2) is 11.5 Å². The first-order chi connectivity index (χ1) is 13.0. The van der Waals surface area contributed by atoms with Gasteiger partial charge in [0, 0.05) is 24.3 Å². The van der Waals surface area contributed by atoms with Crippen molar-refractivity contribution >= 4 is 15.9 Å². The van der Waals surface area contributed by atoms with E-state index in [-0.39, 0.29) is 11.7 Å². The molecule has 0 aliphatic heterocycles. The zero-order chi connectivity index (χ0) is 19.8. The maximum absolute atomic E-state index is 13.4. The Bertz CT molecular complexity index is 732. The summed E-state index contributed by atoms with van der Waals surface area (Å²) >= 11 is 3.73. The molecule has 6 heteroatoms. The molecule has 2 aromatic rings. The van der Waals surface area contributed by atoms with E-state index in [1.165, 1.54) is 12.1 Å². The van der Waals surface area contributed by atoms with Crippen molar-refractivity contribution in [1.82, 2.24) is 0 Å². The molecule has 0 saturated carbocycles. The molecule has 0 radical (unpaired) electrons. The molecule has 2 rings (SSSR count). The second-order valence-electron chi connectivity index (χ2n) is 6.33. The van der Waals surface area contributed by atoms with E-state index in [0.29, 0.717) is 37.9 Å². The van der Waals surface area contributed by atoms with Gasteiger partial charge in [-0.15, -0.1) is 0 Å². The minimum absolute atomic E-state index is 0.261. The van der Waals surface area contributed by atoms with Crippen molar-refractivity contribution in [3.05, 3.63) is 46.2 Å². The van der Waals surface area contributed by atoms with Crippen molar-refractivity contribution in [3.8, 4) is 22.6 Å². The van der Waals surface area contributed by atoms with Crippen molar-refractivity contribution in [1.29, 1.82) is 0 Å². The third-order valence-electron chi connectivity index (χ3n) is 4.04. The highest BCUT2D eigenvalue weighted by Gasteiger charge is 2.22. The Morgan fingerprint density at radius 1 is 0.926 bits per heavy atom. The highest BCUT2D eigenvalue weighted by molar-refractivity contribution is 9.10. The second kappa shape index (κ2) is 10.6. The lowest BCUT2D eigenvalue weighted by atomic mass is 9.95. The molecule has 0 spiro atoms. The molecule has 0 unspecified atom stereocenters. The first-order valence-electron chi connectivity index (χ1n) is 8.85. The predicted octanol–water partition coefficient (Wildman–Crippen LogP) is 5.43. The summed E-state index contributed by atoms with van der Waals surface area (Å²) in [4.78, 5) is 0. The molecule has 0 bridgehead atoms. The summed E-state index contributed by atoms with van der Waals surface area (Å²) in [6, 6.07) is 8.34. The van der Waals surface area contributed by atoms with E-state index in [2.05, 4.69) is 29.8 Å². The van der Waals surface area contributed by atoms with E-state index in [4.69, 9.17) is 18.9 Å². The number of benzene rings is 2. The first-order valence-corrected chi connectivity index (χ1v) is 9.64. The Morgan fingerprint density at radius 3 is 2.07 bits per heavy atom. The van der Waals surface area contributed by atoms with Crippen LogP contribution in [-0.4, -0.2) is 40.6 Å². The molecule has 4 nitrogen and oxygen atoms in total. The lowest BCUT2D eigenvalue weighted by Gasteiger charge is -2.22. The quantitative estimate of drug-likeness (QED) is 0.461. The summed E-state index contributed by atoms with van der Waals surface area (Å²) in [6.45, 7) is 5.91. The molecular weight excluding hydrogens is 415 g/mol. The van der Waals surface area contributed by atoms with Gasteiger partial charge in [-0.2, -0.15) is 0 Å². The zero-order valence-electron chi connectivity index (χ0n) is 16.2. The van der Waals surface area contributed by atoms with Gasteiger partial charge >= 0.3 is 0 Å². The SMILES string of the molecule is COCCOc1cc(C(C)C)c(Br)c(-c2ccc(F)cc2)c1OCCOC. The van der Waals surface area contributed by atoms with Crippen molar-refractivity contribution < 1.29 is 23.3 Å². The first kappa shape index (κ1) is 21.7. The van der Waals surface area contributed by atoms with Crippen LogP contribution in [0.5, 0.6) is 11.5 Å². The van der Waals surface area contributed by atoms with Gasteiger partial charge in [-0.05, 0) is 51.2 Å². The number of methoxy groups -OCH3 is 2. The van der Waals surface area contributed by atoms with E-state index in [1.54, 1.807) is 26.4 Å². The molecule has 27 heavy (non-hydrogen) atoms. The van der Waals surface area contributed by atoms with E-state index in [9.17, 15) is 4.39 Å². The maximum Gasteiger partial charge on any atom is 0.170 e. The number of rotatable bonds is 10. The molecule has 0 aliphatic carbocycles. The summed E-state index contributed by atoms with van der Waals surface area (Å²) in [6.07, 6.45) is 0. The largest absolute Gasteiger partial charge is 0.487 e. The average Bonchev–Trinajstić information content (AvgIpc) is 2.64. The molecule has 2 aromatic carbocycles. The summed E-state index contributed by atoms with van der Waals surface area (Å²) in [5.74, 6) is 1.21. The fourth-order valence-electron chi connectivity index (χ4n) is 2.64. The monoisotopic (exact) mass is 440 g/mol. The molecule has 148 valence electrons. The summed E-state index contributed by atoms with van der Waals surface area (Å²) in [7, 11) is 3.25. The van der Waals surface area contributed by atoms with Gasteiger partial charge in [0.25, 0.3) is 0 Å². The van der Waals surface area contributed by atoms with Crippen LogP contribution >= 0.6 is 15.9 Å². The van der Waals surface area contributed by atoms with E-state index >= 15 is 0 Å². The standard InChI is InChI=1S/C21H26BrFO4/c1-14(2)17-13-18(26-11-9-24-3)21(27-12-10-25-4)19(20(17)22)15-5-7-16(23)8-6-15/h5-8,13-14H,9-12H2,1-4H3. The van der Waals surface area contributed by atoms with Crippen LogP contribution in [0.1, 0.15) is 25.3 Å². The second-order valence-corrected chi connectivity index (χ2v) is 7.12. The molecule has 0 amide bonds. The summed E-state index contributed by atoms with van der Waals surface area (Å²) in [5.41, 5.74) is 2.76. The smallest absolute Gasteiger partial charge is 0.170 e. The van der Waals surface area contributed by atoms with Gasteiger partial charge in [-0.25, -0.2) is 4.39 Å². The van der Waals surface area contributed by atoms with E-state index < -0.39 is 0 Å². The minimum Gasteiger partial charge on any atom is -0.487 e. The van der Waals surface area contributed by atoms with Crippen LogP contribution < -0.4 is 9.47 Å². The Kier molecular flexibility index (Phi) is 8.54. The normalized spacial score (nSPS) is 11.1. The lowest BCUT2D eigenvalue weighted by Crippen LogP contribution is -2.10. The van der Waals surface area contributed by atoms with Gasteiger partial charge in [-0.1, -0.05) is 26.0 Å². The molecule has 0 atom stereocenters. The lowest BCUT2D eigenvalue weighted by molar-refractivity contribution is 0.132. The molecule has 0 saturated heterocycles. The molecule has 0 aliphatic rings. The Hall–Kier alpha value is -1.63. The van der Waals surface area contributed by atoms with Crippen LogP contribution in [0.15, 0.2) is 34.8 Å². The zero-order valence-corrected chi connectivity index (χ0v) is 17.8. The highest BCUT2D eigenvalue weighted by Crippen LogP contribution is 2.47. The van der Waals surface area contributed by atoms with Gasteiger partial charge in [0.1, 0.15) is 19.0 Å². The van der Waals surface area contributed by atoms with Crippen molar-refractivity contribution in [3.63, 3.8) is 0 Å². The fraction of sp³-hybridized carbons (Fsp3) is 0.429. The minimum atomic E-state index is -0.284. The van der Waals surface area contributed by atoms with Crippen LogP contribution in [-0.2, 0) is 9.47 Å². The molecule has 0 N–H and O–H groups in total. The molecule has 0 aromatic heterocycles. The number of halogens is 2. The van der Waals surface area contributed by atoms with Gasteiger partial charge in [0.05, 0.1) is 13.2 Å². The van der Waals surface area contributed by atoms with Crippen LogP contribution in [0.25, 0.3) is 11.1 Å². The molecular formula is C21H26BrFO4. The summed E-state index contributed by atoms with van der Waals surface area (Å²) < 4.78 is 36.5. The number of hydrogen-bond donors (Lipinski definition) is 0. The number of ether oxygens (including phenoxy) is 4. The van der Waals surface area contributed by atoms with Crippen LogP contribution in [0.3, 0.4) is 0 Å². The highest BCUT2D eigenvalue weighted by atomic mass is 79.9. The van der Waals surface area contributed by atoms with E-state index in [1.807, 2.05) is 6.07 Å². The Balaban J connectivity index is 2.60. The maximum atomic E-state index is 13.4. The third kappa shape index (κ3) is 5.67. The average molecular weight is 441 g/mol. The summed E-state index contributed by atoms with van der Waals surface area (Å²) in [5, 5.41) is 0. The van der Waals surface area contributed by atoms with Crippen molar-refractivity contribution in [2.24, 2.45) is 0 Å². The molecule has 0 heterocycles. The van der Waals surface area contributed by atoms with Gasteiger partial charge < -0.3 is 18.9 Å². The third-order valence-corrected chi connectivity index (χ3v) is 4.90. The van der Waals surface area contributed by atoms with Gasteiger partial charge in [0.2, 0.25) is 0 Å². The fourth-order valence-corrected chi connectivity index (χ4v) is 3.63. The number of hydrogen-bond acceptors (Lipinski definition) is 4. The predicted molar refractivity (Wildman–Crippen MR) is 108 cm³/mol. The van der Waals surface area contributed by atoms with Gasteiger partial charge in [-0.3, -0.25) is 0 Å². The van der Waals surface area contributed by atoms with Crippen LogP contribution in [0, 0.1) is 5.82 Å². The van der Waals surface area contributed by atoms with Crippen molar-refractivity contribution in [2.75, 3.05) is 40.6 Å². The molecule has 0 fully saturated rings. The Morgan fingerprint density at radius 2 is 1.52 bits per heavy atom. The topological polar surface area (TPSA) is 36.9 Å². The van der Waals surface area contributed by atoms with Crippen LogP contribution in [0.4, 0.5) is 4.39 Å².